The smallest absolute Gasteiger partial charge is 0.262 e. The molecule has 0 aliphatic rings. The number of rotatable bonds is 10. The third-order valence-corrected chi connectivity index (χ3v) is 5.87. The fourth-order valence-corrected chi connectivity index (χ4v) is 3.84. The number of carbonyl (C=O) groups excluding carboxylic acids is 2. The summed E-state index contributed by atoms with van der Waals surface area (Å²) < 4.78 is 11.2. The van der Waals surface area contributed by atoms with E-state index < -0.39 is 0 Å². The molecule has 6 heteroatoms. The molecule has 2 N–H and O–H groups in total. The second-order valence-electron chi connectivity index (χ2n) is 8.37. The standard InChI is InChI=1S/C30H30N2O4/c1-3-21-11-15-23(16-12-21)35-19-29(33)31-27-9-5-8-26-25(27)7-6-10-28(26)32-30(34)20-36-24-17-13-22(4-2)14-18-24/h5-18H,3-4,19-20H2,1-2H3,(H,31,33)(H,32,34). The first-order chi connectivity index (χ1) is 17.6. The molecule has 36 heavy (non-hydrogen) atoms. The molecular weight excluding hydrogens is 452 g/mol. The van der Waals surface area contributed by atoms with Crippen molar-refractivity contribution in [1.29, 1.82) is 0 Å². The molecule has 0 spiro atoms. The fourth-order valence-electron chi connectivity index (χ4n) is 3.84. The Morgan fingerprint density at radius 2 is 0.972 bits per heavy atom. The van der Waals surface area contributed by atoms with Gasteiger partial charge >= 0.3 is 0 Å². The summed E-state index contributed by atoms with van der Waals surface area (Å²) in [6.45, 7) is 3.97. The van der Waals surface area contributed by atoms with Gasteiger partial charge in [0, 0.05) is 22.1 Å². The maximum absolute atomic E-state index is 12.6. The summed E-state index contributed by atoms with van der Waals surface area (Å²) in [7, 11) is 0. The normalized spacial score (nSPS) is 10.6. The summed E-state index contributed by atoms with van der Waals surface area (Å²) >= 11 is 0. The van der Waals surface area contributed by atoms with Crippen LogP contribution in [0.25, 0.3) is 10.8 Å². The summed E-state index contributed by atoms with van der Waals surface area (Å²) in [6, 6.07) is 26.5. The number of benzene rings is 4. The molecule has 0 aliphatic heterocycles. The van der Waals surface area contributed by atoms with E-state index in [2.05, 4.69) is 24.5 Å². The Morgan fingerprint density at radius 1 is 0.583 bits per heavy atom. The van der Waals surface area contributed by atoms with Gasteiger partial charge in [-0.3, -0.25) is 9.59 Å². The van der Waals surface area contributed by atoms with Crippen molar-refractivity contribution in [2.75, 3.05) is 23.8 Å². The molecule has 4 rings (SSSR count). The molecule has 4 aromatic rings. The highest BCUT2D eigenvalue weighted by Crippen LogP contribution is 2.29. The molecule has 4 aromatic carbocycles. The van der Waals surface area contributed by atoms with Gasteiger partial charge in [-0.15, -0.1) is 0 Å². The highest BCUT2D eigenvalue weighted by atomic mass is 16.5. The van der Waals surface area contributed by atoms with Gasteiger partial charge in [-0.1, -0.05) is 62.4 Å². The SMILES string of the molecule is CCc1ccc(OCC(=O)Nc2cccc3c(NC(=O)COc4ccc(CC)cc4)cccc23)cc1. The van der Waals surface area contributed by atoms with Crippen LogP contribution >= 0.6 is 0 Å². The molecule has 0 aromatic heterocycles. The van der Waals surface area contributed by atoms with Crippen LogP contribution in [0.3, 0.4) is 0 Å². The van der Waals surface area contributed by atoms with Crippen molar-refractivity contribution in [2.45, 2.75) is 26.7 Å². The Balaban J connectivity index is 1.38. The van der Waals surface area contributed by atoms with Gasteiger partial charge in [0.25, 0.3) is 11.8 Å². The topological polar surface area (TPSA) is 76.7 Å². The number of anilines is 2. The fraction of sp³-hybridized carbons (Fsp3) is 0.200. The van der Waals surface area contributed by atoms with Crippen LogP contribution in [0.4, 0.5) is 11.4 Å². The third kappa shape index (κ3) is 6.42. The molecule has 0 atom stereocenters. The minimum Gasteiger partial charge on any atom is -0.484 e. The summed E-state index contributed by atoms with van der Waals surface area (Å²) in [5, 5.41) is 7.45. The van der Waals surface area contributed by atoms with Crippen molar-refractivity contribution in [3.8, 4) is 11.5 Å². The highest BCUT2D eigenvalue weighted by Gasteiger charge is 2.11. The van der Waals surface area contributed by atoms with Crippen molar-refractivity contribution in [1.82, 2.24) is 0 Å². The first kappa shape index (κ1) is 24.8. The zero-order chi connectivity index (χ0) is 25.3. The molecule has 0 unspecified atom stereocenters. The van der Waals surface area contributed by atoms with Gasteiger partial charge < -0.3 is 20.1 Å². The van der Waals surface area contributed by atoms with Crippen molar-refractivity contribution in [3.63, 3.8) is 0 Å². The van der Waals surface area contributed by atoms with E-state index in [9.17, 15) is 9.59 Å². The largest absolute Gasteiger partial charge is 0.484 e. The number of nitrogens with one attached hydrogen (secondary N) is 2. The summed E-state index contributed by atoms with van der Waals surface area (Å²) in [5.41, 5.74) is 3.71. The van der Waals surface area contributed by atoms with E-state index >= 15 is 0 Å². The van der Waals surface area contributed by atoms with Crippen molar-refractivity contribution in [2.24, 2.45) is 0 Å². The van der Waals surface area contributed by atoms with E-state index in [0.717, 1.165) is 23.6 Å². The van der Waals surface area contributed by atoms with E-state index in [1.165, 1.54) is 11.1 Å². The van der Waals surface area contributed by atoms with Crippen LogP contribution < -0.4 is 20.1 Å². The van der Waals surface area contributed by atoms with E-state index in [1.54, 1.807) is 0 Å². The first-order valence-corrected chi connectivity index (χ1v) is 12.1. The Kier molecular flexibility index (Phi) is 8.19. The van der Waals surface area contributed by atoms with Gasteiger partial charge in [0.1, 0.15) is 11.5 Å². The number of carbonyl (C=O) groups is 2. The van der Waals surface area contributed by atoms with Crippen LogP contribution in [-0.2, 0) is 22.4 Å². The van der Waals surface area contributed by atoms with Crippen LogP contribution in [0.1, 0.15) is 25.0 Å². The van der Waals surface area contributed by atoms with E-state index in [0.29, 0.717) is 22.9 Å². The Bertz CT molecular complexity index is 1230. The quantitative estimate of drug-likeness (QED) is 0.291. The van der Waals surface area contributed by atoms with Crippen LogP contribution in [0, 0.1) is 0 Å². The van der Waals surface area contributed by atoms with Crippen LogP contribution in [0.5, 0.6) is 11.5 Å². The first-order valence-electron chi connectivity index (χ1n) is 12.1. The zero-order valence-electron chi connectivity index (χ0n) is 20.5. The summed E-state index contributed by atoms with van der Waals surface area (Å²) in [6.07, 6.45) is 1.90. The predicted molar refractivity (Wildman–Crippen MR) is 144 cm³/mol. The second-order valence-corrected chi connectivity index (χ2v) is 8.37. The Hall–Kier alpha value is -4.32. The molecule has 2 amide bonds. The molecule has 0 saturated carbocycles. The molecule has 6 nitrogen and oxygen atoms in total. The number of hydrogen-bond donors (Lipinski definition) is 2. The molecule has 0 aliphatic carbocycles. The Labute approximate surface area is 211 Å². The average Bonchev–Trinajstić information content (AvgIpc) is 2.92. The lowest BCUT2D eigenvalue weighted by atomic mass is 10.1. The molecular formula is C30H30N2O4. The monoisotopic (exact) mass is 482 g/mol. The molecule has 0 fully saturated rings. The summed E-state index contributed by atoms with van der Waals surface area (Å²) in [4.78, 5) is 25.1. The van der Waals surface area contributed by atoms with Crippen molar-refractivity contribution >= 4 is 34.0 Å². The van der Waals surface area contributed by atoms with Gasteiger partial charge in [0.05, 0.1) is 0 Å². The minimum atomic E-state index is -0.265. The summed E-state index contributed by atoms with van der Waals surface area (Å²) in [5.74, 6) is 0.764. The van der Waals surface area contributed by atoms with Crippen LogP contribution in [0.2, 0.25) is 0 Å². The number of ether oxygens (including phenoxy) is 2. The molecule has 184 valence electrons. The zero-order valence-corrected chi connectivity index (χ0v) is 20.5. The molecule has 0 heterocycles. The maximum atomic E-state index is 12.6. The second kappa shape index (κ2) is 11.9. The van der Waals surface area contributed by atoms with Crippen LogP contribution in [-0.4, -0.2) is 25.0 Å². The Morgan fingerprint density at radius 3 is 1.33 bits per heavy atom. The minimum absolute atomic E-state index is 0.102. The van der Waals surface area contributed by atoms with Gasteiger partial charge in [-0.2, -0.15) is 0 Å². The number of hydrogen-bond acceptors (Lipinski definition) is 4. The van der Waals surface area contributed by atoms with Crippen molar-refractivity contribution in [3.05, 3.63) is 96.1 Å². The van der Waals surface area contributed by atoms with Crippen molar-refractivity contribution < 1.29 is 19.1 Å². The molecule has 0 saturated heterocycles. The number of aryl methyl sites for hydroxylation is 2. The maximum Gasteiger partial charge on any atom is 0.262 e. The van der Waals surface area contributed by atoms with Gasteiger partial charge in [0.15, 0.2) is 13.2 Å². The highest BCUT2D eigenvalue weighted by molar-refractivity contribution is 6.09. The lowest BCUT2D eigenvalue weighted by Crippen LogP contribution is -2.21. The lowest BCUT2D eigenvalue weighted by molar-refractivity contribution is -0.118. The number of fused-ring (bicyclic) bond motifs is 1. The van der Waals surface area contributed by atoms with E-state index in [1.807, 2.05) is 84.9 Å². The molecule has 0 radical (unpaired) electrons. The van der Waals surface area contributed by atoms with Crippen LogP contribution in [0.15, 0.2) is 84.9 Å². The third-order valence-electron chi connectivity index (χ3n) is 5.87. The van der Waals surface area contributed by atoms with Gasteiger partial charge in [-0.25, -0.2) is 0 Å². The molecule has 0 bridgehead atoms. The lowest BCUT2D eigenvalue weighted by Gasteiger charge is -2.13. The van der Waals surface area contributed by atoms with E-state index in [-0.39, 0.29) is 25.0 Å². The predicted octanol–water partition coefficient (Wildman–Crippen LogP) is 6.00. The van der Waals surface area contributed by atoms with E-state index in [4.69, 9.17) is 9.47 Å². The van der Waals surface area contributed by atoms with Gasteiger partial charge in [0.2, 0.25) is 0 Å². The number of amides is 2. The average molecular weight is 483 g/mol. The van der Waals surface area contributed by atoms with Gasteiger partial charge in [-0.05, 0) is 60.4 Å².